The van der Waals surface area contributed by atoms with Crippen molar-refractivity contribution in [1.82, 2.24) is 4.98 Å². The first-order valence-corrected chi connectivity index (χ1v) is 7.64. The lowest BCUT2D eigenvalue weighted by atomic mass is 10.1. The zero-order valence-corrected chi connectivity index (χ0v) is 13.4. The van der Waals surface area contributed by atoms with E-state index in [-0.39, 0.29) is 11.4 Å². The van der Waals surface area contributed by atoms with Crippen LogP contribution < -0.4 is 5.43 Å². The molecular formula is C19H11F6NO. The maximum atomic E-state index is 12.7. The fourth-order valence-corrected chi connectivity index (χ4v) is 2.53. The van der Waals surface area contributed by atoms with Gasteiger partial charge in [0.25, 0.3) is 0 Å². The number of aromatic nitrogens is 1. The lowest BCUT2D eigenvalue weighted by molar-refractivity contribution is -0.138. The normalized spacial score (nSPS) is 12.2. The third-order valence-electron chi connectivity index (χ3n) is 3.89. The van der Waals surface area contributed by atoms with Gasteiger partial charge in [-0.25, -0.2) is 0 Å². The predicted molar refractivity (Wildman–Crippen MR) is 87.9 cm³/mol. The third-order valence-corrected chi connectivity index (χ3v) is 3.89. The minimum absolute atomic E-state index is 0.256. The van der Waals surface area contributed by atoms with Crippen molar-refractivity contribution in [3.8, 4) is 22.5 Å². The summed E-state index contributed by atoms with van der Waals surface area (Å²) in [6.07, 6.45) is -8.96. The molecule has 0 bridgehead atoms. The van der Waals surface area contributed by atoms with E-state index < -0.39 is 28.9 Å². The summed E-state index contributed by atoms with van der Waals surface area (Å²) < 4.78 is 75.9. The molecule has 0 aliphatic carbocycles. The number of halogens is 6. The van der Waals surface area contributed by atoms with E-state index in [1.54, 1.807) is 0 Å². The van der Waals surface area contributed by atoms with Gasteiger partial charge < -0.3 is 4.98 Å². The summed E-state index contributed by atoms with van der Waals surface area (Å²) in [5.41, 5.74) is -0.890. The summed E-state index contributed by atoms with van der Waals surface area (Å²) in [5.74, 6) is 0. The molecule has 1 aromatic heterocycles. The third kappa shape index (κ3) is 4.21. The molecule has 3 rings (SSSR count). The minimum atomic E-state index is -4.48. The van der Waals surface area contributed by atoms with Gasteiger partial charge in [0.1, 0.15) is 0 Å². The average molecular weight is 383 g/mol. The molecule has 3 aromatic rings. The maximum absolute atomic E-state index is 12.7. The van der Waals surface area contributed by atoms with Crippen LogP contribution in [0.15, 0.2) is 65.5 Å². The lowest BCUT2D eigenvalue weighted by Gasteiger charge is -2.10. The summed E-state index contributed by atoms with van der Waals surface area (Å²) >= 11 is 0. The van der Waals surface area contributed by atoms with E-state index in [2.05, 4.69) is 4.98 Å². The fraction of sp³-hybridized carbons (Fsp3) is 0.105. The molecule has 0 saturated carbocycles. The molecule has 1 heterocycles. The predicted octanol–water partition coefficient (Wildman–Crippen LogP) is 5.75. The Morgan fingerprint density at radius 3 is 1.22 bits per heavy atom. The molecule has 0 radical (unpaired) electrons. The van der Waals surface area contributed by atoms with Crippen LogP contribution in [0.4, 0.5) is 26.3 Å². The van der Waals surface area contributed by atoms with Gasteiger partial charge in [-0.3, -0.25) is 4.79 Å². The van der Waals surface area contributed by atoms with Gasteiger partial charge in [0.05, 0.1) is 11.1 Å². The molecule has 0 atom stereocenters. The van der Waals surface area contributed by atoms with Crippen LogP contribution in [-0.2, 0) is 12.4 Å². The molecule has 0 unspecified atom stereocenters. The Kier molecular flexibility index (Phi) is 4.59. The molecule has 0 aliphatic heterocycles. The molecule has 0 spiro atoms. The van der Waals surface area contributed by atoms with Crippen LogP contribution >= 0.6 is 0 Å². The van der Waals surface area contributed by atoms with E-state index >= 15 is 0 Å². The highest BCUT2D eigenvalue weighted by atomic mass is 19.4. The highest BCUT2D eigenvalue weighted by molar-refractivity contribution is 5.66. The van der Waals surface area contributed by atoms with Crippen LogP contribution in [0.2, 0.25) is 0 Å². The van der Waals surface area contributed by atoms with Gasteiger partial charge in [-0.2, -0.15) is 26.3 Å². The number of rotatable bonds is 2. The van der Waals surface area contributed by atoms with Crippen LogP contribution in [0.3, 0.4) is 0 Å². The summed E-state index contributed by atoms with van der Waals surface area (Å²) in [7, 11) is 0. The van der Waals surface area contributed by atoms with E-state index in [0.29, 0.717) is 11.1 Å². The van der Waals surface area contributed by atoms with Crippen LogP contribution in [0.1, 0.15) is 11.1 Å². The van der Waals surface area contributed by atoms with E-state index in [1.165, 1.54) is 36.4 Å². The van der Waals surface area contributed by atoms with Crippen LogP contribution in [-0.4, -0.2) is 4.98 Å². The zero-order chi connectivity index (χ0) is 19.8. The smallest absolute Gasteiger partial charge is 0.354 e. The number of benzene rings is 2. The topological polar surface area (TPSA) is 32.9 Å². The standard InChI is InChI=1S/C19H11F6NO/c20-18(21,22)13-5-1-11(2-6-13)16-9-15(27)10-17(26-16)12-3-7-14(8-4-12)19(23,24)25/h1-10H,(H,26,27). The van der Waals surface area contributed by atoms with Gasteiger partial charge in [-0.05, 0) is 35.4 Å². The maximum Gasteiger partial charge on any atom is 0.416 e. The first-order valence-electron chi connectivity index (χ1n) is 7.64. The van der Waals surface area contributed by atoms with E-state index in [4.69, 9.17) is 0 Å². The Labute approximate surface area is 149 Å². The second-order valence-electron chi connectivity index (χ2n) is 5.79. The molecule has 2 nitrogen and oxygen atoms in total. The van der Waals surface area contributed by atoms with Crippen molar-refractivity contribution in [2.45, 2.75) is 12.4 Å². The number of pyridine rings is 1. The van der Waals surface area contributed by atoms with E-state index in [1.807, 2.05) is 0 Å². The SMILES string of the molecule is O=c1cc(-c2ccc(C(F)(F)F)cc2)[nH]c(-c2ccc(C(F)(F)F)cc2)c1. The summed E-state index contributed by atoms with van der Waals surface area (Å²) in [4.78, 5) is 14.8. The molecule has 1 N–H and O–H groups in total. The summed E-state index contributed by atoms with van der Waals surface area (Å²) in [5, 5.41) is 0. The zero-order valence-electron chi connectivity index (χ0n) is 13.4. The Hall–Kier alpha value is -3.03. The van der Waals surface area contributed by atoms with Crippen molar-refractivity contribution in [3.05, 3.63) is 82.0 Å². The molecule has 0 aliphatic rings. The molecule has 27 heavy (non-hydrogen) atoms. The first kappa shape index (κ1) is 18.8. The number of alkyl halides is 6. The van der Waals surface area contributed by atoms with Crippen LogP contribution in [0.25, 0.3) is 22.5 Å². The summed E-state index contributed by atoms with van der Waals surface area (Å²) in [6, 6.07) is 10.8. The monoisotopic (exact) mass is 383 g/mol. The molecule has 140 valence electrons. The lowest BCUT2D eigenvalue weighted by Crippen LogP contribution is -2.06. The highest BCUT2D eigenvalue weighted by Crippen LogP contribution is 2.32. The molecule has 0 amide bonds. The highest BCUT2D eigenvalue weighted by Gasteiger charge is 2.30. The number of hydrogen-bond donors (Lipinski definition) is 1. The fourth-order valence-electron chi connectivity index (χ4n) is 2.53. The summed E-state index contributed by atoms with van der Waals surface area (Å²) in [6.45, 7) is 0. The Bertz CT molecular complexity index is 920. The van der Waals surface area contributed by atoms with E-state index in [0.717, 1.165) is 24.3 Å². The minimum Gasteiger partial charge on any atom is -0.354 e. The number of aromatic amines is 1. The number of H-pyrrole nitrogens is 1. The van der Waals surface area contributed by atoms with Gasteiger partial charge in [0.2, 0.25) is 0 Å². The van der Waals surface area contributed by atoms with Crippen molar-refractivity contribution >= 4 is 0 Å². The van der Waals surface area contributed by atoms with Crippen molar-refractivity contribution < 1.29 is 26.3 Å². The van der Waals surface area contributed by atoms with Crippen LogP contribution in [0, 0.1) is 0 Å². The van der Waals surface area contributed by atoms with Crippen molar-refractivity contribution in [2.24, 2.45) is 0 Å². The second-order valence-corrected chi connectivity index (χ2v) is 5.79. The second kappa shape index (κ2) is 6.61. The number of hydrogen-bond acceptors (Lipinski definition) is 1. The van der Waals surface area contributed by atoms with Crippen molar-refractivity contribution in [2.75, 3.05) is 0 Å². The molecule has 8 heteroatoms. The van der Waals surface area contributed by atoms with Gasteiger partial charge >= 0.3 is 12.4 Å². The Balaban J connectivity index is 1.99. The Morgan fingerprint density at radius 1 is 0.593 bits per heavy atom. The molecular weight excluding hydrogens is 372 g/mol. The Morgan fingerprint density at radius 2 is 0.926 bits per heavy atom. The quantitative estimate of drug-likeness (QED) is 0.562. The van der Waals surface area contributed by atoms with Gasteiger partial charge in [-0.15, -0.1) is 0 Å². The largest absolute Gasteiger partial charge is 0.416 e. The van der Waals surface area contributed by atoms with Gasteiger partial charge in [0, 0.05) is 23.5 Å². The van der Waals surface area contributed by atoms with Gasteiger partial charge in [-0.1, -0.05) is 24.3 Å². The molecule has 2 aromatic carbocycles. The van der Waals surface area contributed by atoms with Crippen molar-refractivity contribution in [1.29, 1.82) is 0 Å². The van der Waals surface area contributed by atoms with Gasteiger partial charge in [0.15, 0.2) is 5.43 Å². The first-order chi connectivity index (χ1) is 12.5. The molecule has 0 saturated heterocycles. The van der Waals surface area contributed by atoms with Crippen molar-refractivity contribution in [3.63, 3.8) is 0 Å². The number of nitrogens with one attached hydrogen (secondary N) is 1. The van der Waals surface area contributed by atoms with E-state index in [9.17, 15) is 31.1 Å². The van der Waals surface area contributed by atoms with Crippen LogP contribution in [0.5, 0.6) is 0 Å². The average Bonchev–Trinajstić information content (AvgIpc) is 2.60. The molecule has 0 fully saturated rings.